The molecule has 9 heteroatoms. The molecule has 2 aromatic heterocycles. The molecule has 1 spiro atoms. The second-order valence-corrected chi connectivity index (χ2v) is 7.20. The molecule has 0 aromatic carbocycles. The van der Waals surface area contributed by atoms with Crippen LogP contribution in [0.5, 0.6) is 0 Å². The van der Waals surface area contributed by atoms with Crippen molar-refractivity contribution in [2.75, 3.05) is 13.1 Å². The van der Waals surface area contributed by atoms with Crippen molar-refractivity contribution < 1.29 is 14.4 Å². The van der Waals surface area contributed by atoms with Crippen molar-refractivity contribution in [1.29, 1.82) is 0 Å². The van der Waals surface area contributed by atoms with Crippen molar-refractivity contribution >= 4 is 17.5 Å². The van der Waals surface area contributed by atoms with Gasteiger partial charge in [0.25, 0.3) is 11.8 Å². The van der Waals surface area contributed by atoms with Crippen molar-refractivity contribution in [2.45, 2.75) is 31.4 Å². The van der Waals surface area contributed by atoms with Crippen molar-refractivity contribution in [1.82, 2.24) is 25.0 Å². The number of piperidine rings is 1. The maximum Gasteiger partial charge on any atom is 0.272 e. The molecule has 4 rings (SSSR count). The number of aryl methyl sites for hydroxylation is 1. The first-order chi connectivity index (χ1) is 13.6. The second kappa shape index (κ2) is 7.41. The van der Waals surface area contributed by atoms with Gasteiger partial charge in [-0.1, -0.05) is 11.2 Å². The number of aromatic nitrogens is 3. The number of carbonyl (C=O) groups excluding carboxylic acids is 2. The SMILES string of the molecule is Cn1nccc1C(=O)N1CCCC2(CC(C(=O)NCc3cccnc3)=NO2)C1. The van der Waals surface area contributed by atoms with E-state index in [4.69, 9.17) is 4.84 Å². The molecule has 2 amide bonds. The molecule has 1 N–H and O–H groups in total. The standard InChI is InChI=1S/C19H22N6O3/c1-24-16(5-8-22-24)18(27)25-9-3-6-19(13-25)10-15(23-28-19)17(26)21-12-14-4-2-7-20-11-14/h2,4-5,7-8,11H,3,6,9-10,12-13H2,1H3,(H,21,26). The molecule has 0 aliphatic carbocycles. The number of hydrogen-bond acceptors (Lipinski definition) is 6. The molecule has 28 heavy (non-hydrogen) atoms. The lowest BCUT2D eigenvalue weighted by Gasteiger charge is -2.38. The van der Waals surface area contributed by atoms with Crippen molar-refractivity contribution in [3.63, 3.8) is 0 Å². The highest BCUT2D eigenvalue weighted by Gasteiger charge is 2.45. The minimum atomic E-state index is -0.631. The first-order valence-corrected chi connectivity index (χ1v) is 9.26. The molecule has 9 nitrogen and oxygen atoms in total. The van der Waals surface area contributed by atoms with Gasteiger partial charge in [-0.3, -0.25) is 19.3 Å². The molecule has 1 atom stereocenters. The Morgan fingerprint density at radius 3 is 2.96 bits per heavy atom. The quantitative estimate of drug-likeness (QED) is 0.846. The van der Waals surface area contributed by atoms with E-state index in [1.807, 2.05) is 12.1 Å². The summed E-state index contributed by atoms with van der Waals surface area (Å²) in [5.74, 6) is -0.340. The summed E-state index contributed by atoms with van der Waals surface area (Å²) in [7, 11) is 1.74. The highest BCUT2D eigenvalue weighted by Crippen LogP contribution is 2.34. The zero-order valence-electron chi connectivity index (χ0n) is 15.7. The van der Waals surface area contributed by atoms with E-state index >= 15 is 0 Å². The van der Waals surface area contributed by atoms with E-state index in [1.54, 1.807) is 41.3 Å². The first kappa shape index (κ1) is 18.1. The third kappa shape index (κ3) is 3.60. The molecule has 2 aliphatic rings. The van der Waals surface area contributed by atoms with Gasteiger partial charge in [0.15, 0.2) is 5.60 Å². The highest BCUT2D eigenvalue weighted by atomic mass is 16.7. The maximum atomic E-state index is 12.8. The van der Waals surface area contributed by atoms with Crippen LogP contribution < -0.4 is 5.32 Å². The molecule has 146 valence electrons. The molecule has 2 aliphatic heterocycles. The fraction of sp³-hybridized carbons (Fsp3) is 0.421. The number of nitrogens with zero attached hydrogens (tertiary/aromatic N) is 5. The predicted octanol–water partition coefficient (Wildman–Crippen LogP) is 0.883. The topological polar surface area (TPSA) is 102 Å². The summed E-state index contributed by atoms with van der Waals surface area (Å²) in [4.78, 5) is 36.7. The lowest BCUT2D eigenvalue weighted by molar-refractivity contribution is -0.115. The van der Waals surface area contributed by atoms with Gasteiger partial charge >= 0.3 is 0 Å². The molecule has 4 heterocycles. The predicted molar refractivity (Wildman–Crippen MR) is 100 cm³/mol. The Morgan fingerprint density at radius 1 is 1.32 bits per heavy atom. The fourth-order valence-electron chi connectivity index (χ4n) is 3.67. The number of likely N-dealkylation sites (tertiary alicyclic amines) is 1. The number of pyridine rings is 1. The van der Waals surface area contributed by atoms with Crippen LogP contribution in [-0.4, -0.2) is 55.9 Å². The van der Waals surface area contributed by atoms with E-state index < -0.39 is 5.60 Å². The Hall–Kier alpha value is -3.23. The van der Waals surface area contributed by atoms with E-state index in [-0.39, 0.29) is 11.8 Å². The number of amides is 2. The molecule has 0 bridgehead atoms. The summed E-state index contributed by atoms with van der Waals surface area (Å²) in [6, 6.07) is 5.42. The average molecular weight is 382 g/mol. The van der Waals surface area contributed by atoms with Crippen LogP contribution in [0.2, 0.25) is 0 Å². The summed E-state index contributed by atoms with van der Waals surface area (Å²) in [5, 5.41) is 10.9. The van der Waals surface area contributed by atoms with Crippen LogP contribution in [-0.2, 0) is 23.2 Å². The molecule has 0 radical (unpaired) electrons. The number of rotatable bonds is 4. The highest BCUT2D eigenvalue weighted by molar-refractivity contribution is 6.39. The summed E-state index contributed by atoms with van der Waals surface area (Å²) >= 11 is 0. The molecule has 1 unspecified atom stereocenters. The minimum Gasteiger partial charge on any atom is -0.386 e. The van der Waals surface area contributed by atoms with Gasteiger partial charge in [-0.05, 0) is 30.5 Å². The van der Waals surface area contributed by atoms with Crippen molar-refractivity contribution in [2.24, 2.45) is 12.2 Å². The van der Waals surface area contributed by atoms with Gasteiger partial charge in [0.1, 0.15) is 11.4 Å². The Morgan fingerprint density at radius 2 is 2.21 bits per heavy atom. The van der Waals surface area contributed by atoms with Gasteiger partial charge < -0.3 is 15.1 Å². The van der Waals surface area contributed by atoms with E-state index in [0.717, 1.165) is 18.4 Å². The van der Waals surface area contributed by atoms with E-state index in [0.29, 0.717) is 37.5 Å². The van der Waals surface area contributed by atoms with Gasteiger partial charge in [-0.2, -0.15) is 5.10 Å². The van der Waals surface area contributed by atoms with E-state index in [2.05, 4.69) is 20.6 Å². The fourth-order valence-corrected chi connectivity index (χ4v) is 3.67. The Bertz CT molecular complexity index is 909. The minimum absolute atomic E-state index is 0.0860. The van der Waals surface area contributed by atoms with Gasteiger partial charge in [0, 0.05) is 45.1 Å². The Labute approximate surface area is 162 Å². The average Bonchev–Trinajstić information content (AvgIpc) is 3.33. The largest absolute Gasteiger partial charge is 0.386 e. The normalized spacial score (nSPS) is 21.3. The third-order valence-electron chi connectivity index (χ3n) is 5.14. The number of carbonyl (C=O) groups is 2. The van der Waals surface area contributed by atoms with Gasteiger partial charge in [-0.25, -0.2) is 0 Å². The smallest absolute Gasteiger partial charge is 0.272 e. The lowest BCUT2D eigenvalue weighted by Crippen LogP contribution is -2.51. The third-order valence-corrected chi connectivity index (χ3v) is 5.14. The van der Waals surface area contributed by atoms with E-state index in [1.165, 1.54) is 0 Å². The van der Waals surface area contributed by atoms with Crippen LogP contribution in [0, 0.1) is 0 Å². The maximum absolute atomic E-state index is 12.8. The van der Waals surface area contributed by atoms with Crippen LogP contribution >= 0.6 is 0 Å². The van der Waals surface area contributed by atoms with Crippen LogP contribution in [0.15, 0.2) is 41.9 Å². The summed E-state index contributed by atoms with van der Waals surface area (Å²) < 4.78 is 1.56. The van der Waals surface area contributed by atoms with Gasteiger partial charge in [-0.15, -0.1) is 0 Å². The molecule has 0 saturated carbocycles. The molecule has 1 saturated heterocycles. The second-order valence-electron chi connectivity index (χ2n) is 7.20. The number of oxime groups is 1. The molecular weight excluding hydrogens is 360 g/mol. The number of nitrogens with one attached hydrogen (secondary N) is 1. The van der Waals surface area contributed by atoms with Crippen LogP contribution in [0.25, 0.3) is 0 Å². The zero-order chi connectivity index (χ0) is 19.6. The van der Waals surface area contributed by atoms with Crippen LogP contribution in [0.4, 0.5) is 0 Å². The monoisotopic (exact) mass is 382 g/mol. The molecule has 1 fully saturated rings. The molecular formula is C19H22N6O3. The summed E-state index contributed by atoms with van der Waals surface area (Å²) in [6.07, 6.45) is 6.94. The molecule has 2 aromatic rings. The lowest BCUT2D eigenvalue weighted by atomic mass is 9.88. The van der Waals surface area contributed by atoms with Crippen LogP contribution in [0.1, 0.15) is 35.3 Å². The van der Waals surface area contributed by atoms with Crippen molar-refractivity contribution in [3.05, 3.63) is 48.0 Å². The van der Waals surface area contributed by atoms with Gasteiger partial charge in [0.05, 0.1) is 6.54 Å². The zero-order valence-corrected chi connectivity index (χ0v) is 15.7. The van der Waals surface area contributed by atoms with Crippen LogP contribution in [0.3, 0.4) is 0 Å². The first-order valence-electron chi connectivity index (χ1n) is 9.26. The van der Waals surface area contributed by atoms with E-state index in [9.17, 15) is 9.59 Å². The Kier molecular flexibility index (Phi) is 4.81. The summed E-state index contributed by atoms with van der Waals surface area (Å²) in [5.41, 5.74) is 1.17. The number of hydrogen-bond donors (Lipinski definition) is 1. The Balaban J connectivity index is 1.37. The van der Waals surface area contributed by atoms with Gasteiger partial charge in [0.2, 0.25) is 0 Å². The summed E-state index contributed by atoms with van der Waals surface area (Å²) in [6.45, 7) is 1.43. The van der Waals surface area contributed by atoms with Crippen molar-refractivity contribution in [3.8, 4) is 0 Å².